The molecule has 6 nitrogen and oxygen atoms in total. The number of alkyl halides is 3. The minimum absolute atomic E-state index is 0.338. The number of halogens is 3. The number of hydrogen-bond acceptors (Lipinski definition) is 6. The van der Waals surface area contributed by atoms with Gasteiger partial charge in [-0.05, 0) is 30.5 Å². The third kappa shape index (κ3) is 5.46. The van der Waals surface area contributed by atoms with E-state index < -0.39 is 11.7 Å². The summed E-state index contributed by atoms with van der Waals surface area (Å²) in [6.45, 7) is 5.18. The van der Waals surface area contributed by atoms with Crippen LogP contribution in [0.3, 0.4) is 0 Å². The second-order valence-corrected chi connectivity index (χ2v) is 8.13. The average Bonchev–Trinajstić information content (AvgIpc) is 2.79. The molecule has 2 aliphatic heterocycles. The Bertz CT molecular complexity index is 864. The summed E-state index contributed by atoms with van der Waals surface area (Å²) in [7, 11) is 2.05. The van der Waals surface area contributed by atoms with Crippen molar-refractivity contribution in [2.75, 3.05) is 56.2 Å². The molecule has 1 aromatic heterocycles. The zero-order valence-corrected chi connectivity index (χ0v) is 17.7. The van der Waals surface area contributed by atoms with Crippen LogP contribution >= 0.6 is 0 Å². The molecule has 0 amide bonds. The smallest absolute Gasteiger partial charge is 0.378 e. The first-order valence-corrected chi connectivity index (χ1v) is 10.7. The average molecular weight is 435 g/mol. The first-order chi connectivity index (χ1) is 14.9. The molecular weight excluding hydrogens is 407 g/mol. The third-order valence-corrected chi connectivity index (χ3v) is 6.05. The first kappa shape index (κ1) is 21.8. The van der Waals surface area contributed by atoms with Gasteiger partial charge in [0.2, 0.25) is 5.95 Å². The largest absolute Gasteiger partial charge is 0.416 e. The van der Waals surface area contributed by atoms with Crippen molar-refractivity contribution in [2.45, 2.75) is 31.6 Å². The number of nitrogens with zero attached hydrogens (tertiary/aromatic N) is 5. The number of piperidine rings is 1. The molecule has 0 atom stereocenters. The molecule has 9 heteroatoms. The highest BCUT2D eigenvalue weighted by atomic mass is 19.4. The molecule has 0 radical (unpaired) electrons. The molecule has 3 heterocycles. The van der Waals surface area contributed by atoms with Gasteiger partial charge in [0.15, 0.2) is 0 Å². The number of rotatable bonds is 5. The van der Waals surface area contributed by atoms with Crippen molar-refractivity contribution in [2.24, 2.45) is 0 Å². The fourth-order valence-electron chi connectivity index (χ4n) is 4.21. The van der Waals surface area contributed by atoms with Crippen molar-refractivity contribution < 1.29 is 17.9 Å². The highest BCUT2D eigenvalue weighted by molar-refractivity contribution is 5.44. The Morgan fingerprint density at radius 2 is 1.84 bits per heavy atom. The minimum Gasteiger partial charge on any atom is -0.378 e. The van der Waals surface area contributed by atoms with Gasteiger partial charge in [-0.1, -0.05) is 18.2 Å². The van der Waals surface area contributed by atoms with Gasteiger partial charge in [-0.25, -0.2) is 4.98 Å². The summed E-state index contributed by atoms with van der Waals surface area (Å²) < 4.78 is 44.3. The Hall–Kier alpha value is -2.39. The lowest BCUT2D eigenvalue weighted by atomic mass is 10.0. The van der Waals surface area contributed by atoms with Gasteiger partial charge in [0.1, 0.15) is 5.82 Å². The van der Waals surface area contributed by atoms with Crippen LogP contribution in [0, 0.1) is 0 Å². The lowest BCUT2D eigenvalue weighted by Crippen LogP contribution is -2.43. The maximum atomic E-state index is 13.0. The number of ether oxygens (including phenoxy) is 1. The molecule has 1 aromatic carbocycles. The van der Waals surface area contributed by atoms with Crippen LogP contribution in [0.1, 0.15) is 24.0 Å². The highest BCUT2D eigenvalue weighted by Gasteiger charge is 2.31. The fraction of sp³-hybridized carbons (Fsp3) is 0.545. The molecular formula is C22H28F3N5O. The van der Waals surface area contributed by atoms with Gasteiger partial charge in [-0.15, -0.1) is 0 Å². The summed E-state index contributed by atoms with van der Waals surface area (Å²) >= 11 is 0. The zero-order valence-electron chi connectivity index (χ0n) is 17.7. The molecule has 0 N–H and O–H groups in total. The Morgan fingerprint density at radius 1 is 1.10 bits per heavy atom. The quantitative estimate of drug-likeness (QED) is 0.717. The molecule has 0 spiro atoms. The van der Waals surface area contributed by atoms with Crippen molar-refractivity contribution in [3.05, 3.63) is 47.7 Å². The number of anilines is 2. The number of aromatic nitrogens is 2. The van der Waals surface area contributed by atoms with Crippen molar-refractivity contribution in [1.29, 1.82) is 0 Å². The summed E-state index contributed by atoms with van der Waals surface area (Å²) in [5.41, 5.74) is 0.118. The van der Waals surface area contributed by atoms with E-state index in [-0.39, 0.29) is 0 Å². The first-order valence-electron chi connectivity index (χ1n) is 10.7. The monoisotopic (exact) mass is 435 g/mol. The predicted molar refractivity (Wildman–Crippen MR) is 113 cm³/mol. The summed E-state index contributed by atoms with van der Waals surface area (Å²) in [5.74, 6) is 1.63. The van der Waals surface area contributed by atoms with Crippen LogP contribution in [0.15, 0.2) is 36.5 Å². The summed E-state index contributed by atoms with van der Waals surface area (Å²) in [6, 6.07) is 7.90. The third-order valence-electron chi connectivity index (χ3n) is 6.05. The minimum atomic E-state index is -4.30. The van der Waals surface area contributed by atoms with Crippen LogP contribution in [0.4, 0.5) is 24.9 Å². The molecule has 31 heavy (non-hydrogen) atoms. The van der Waals surface area contributed by atoms with E-state index in [0.29, 0.717) is 31.4 Å². The highest BCUT2D eigenvalue weighted by Crippen LogP contribution is 2.30. The normalized spacial score (nSPS) is 18.9. The number of hydrogen-bond donors (Lipinski definition) is 0. The molecule has 0 unspecified atom stereocenters. The number of likely N-dealkylation sites (tertiary alicyclic amines) is 1. The molecule has 2 saturated heterocycles. The maximum absolute atomic E-state index is 13.0. The SMILES string of the molecule is CN(c1ccnc(N2CCOCC2)n1)C1CCN(Cc2cccc(C(F)(F)F)c2)CC1. The van der Waals surface area contributed by atoms with E-state index in [1.54, 1.807) is 12.3 Å². The Labute approximate surface area is 180 Å². The molecule has 4 rings (SSSR count). The van der Waals surface area contributed by atoms with Crippen LogP contribution in [-0.4, -0.2) is 67.4 Å². The van der Waals surface area contributed by atoms with Crippen molar-refractivity contribution in [3.63, 3.8) is 0 Å². The molecule has 2 fully saturated rings. The second-order valence-electron chi connectivity index (χ2n) is 8.13. The molecule has 168 valence electrons. The van der Waals surface area contributed by atoms with E-state index in [0.717, 1.165) is 56.9 Å². The molecule has 0 bridgehead atoms. The van der Waals surface area contributed by atoms with Gasteiger partial charge in [0.05, 0.1) is 18.8 Å². The molecule has 2 aliphatic rings. The second kappa shape index (κ2) is 9.40. The van der Waals surface area contributed by atoms with Gasteiger partial charge in [-0.3, -0.25) is 4.90 Å². The number of morpholine rings is 1. The van der Waals surface area contributed by atoms with Gasteiger partial charge in [0.25, 0.3) is 0 Å². The Kier molecular flexibility index (Phi) is 6.62. The zero-order chi connectivity index (χ0) is 21.8. The van der Waals surface area contributed by atoms with E-state index in [9.17, 15) is 13.2 Å². The van der Waals surface area contributed by atoms with Crippen molar-refractivity contribution in [3.8, 4) is 0 Å². The standard InChI is InChI=1S/C22H28F3N5O/c1-28(20-5-8-26-21(27-20)30-11-13-31-14-12-30)19-6-9-29(10-7-19)16-17-3-2-4-18(15-17)22(23,24)25/h2-5,8,15,19H,6-7,9-14,16H2,1H3. The van der Waals surface area contributed by atoms with Crippen LogP contribution < -0.4 is 9.80 Å². The van der Waals surface area contributed by atoms with Crippen LogP contribution in [0.5, 0.6) is 0 Å². The van der Waals surface area contributed by atoms with E-state index in [4.69, 9.17) is 9.72 Å². The van der Waals surface area contributed by atoms with Gasteiger partial charge in [-0.2, -0.15) is 18.2 Å². The molecule has 0 aliphatic carbocycles. The van der Waals surface area contributed by atoms with E-state index in [1.807, 2.05) is 6.07 Å². The Balaban J connectivity index is 1.33. The maximum Gasteiger partial charge on any atom is 0.416 e. The fourth-order valence-corrected chi connectivity index (χ4v) is 4.21. The van der Waals surface area contributed by atoms with Gasteiger partial charge >= 0.3 is 6.18 Å². The molecule has 2 aromatic rings. The topological polar surface area (TPSA) is 44.7 Å². The lowest BCUT2D eigenvalue weighted by Gasteiger charge is -2.37. The lowest BCUT2D eigenvalue weighted by molar-refractivity contribution is -0.137. The summed E-state index contributed by atoms with van der Waals surface area (Å²) in [5, 5.41) is 0. The summed E-state index contributed by atoms with van der Waals surface area (Å²) in [6.07, 6.45) is -0.631. The van der Waals surface area contributed by atoms with Crippen molar-refractivity contribution in [1.82, 2.24) is 14.9 Å². The van der Waals surface area contributed by atoms with Crippen LogP contribution in [-0.2, 0) is 17.5 Å². The van der Waals surface area contributed by atoms with Gasteiger partial charge in [0, 0.05) is 52.0 Å². The van der Waals surface area contributed by atoms with Gasteiger partial charge < -0.3 is 14.5 Å². The Morgan fingerprint density at radius 3 is 2.55 bits per heavy atom. The number of benzene rings is 1. The van der Waals surface area contributed by atoms with Crippen LogP contribution in [0.2, 0.25) is 0 Å². The van der Waals surface area contributed by atoms with E-state index in [1.165, 1.54) is 12.1 Å². The predicted octanol–water partition coefficient (Wildman–Crippen LogP) is 3.43. The molecule has 0 saturated carbocycles. The van der Waals surface area contributed by atoms with E-state index >= 15 is 0 Å². The van der Waals surface area contributed by atoms with Crippen LogP contribution in [0.25, 0.3) is 0 Å². The summed E-state index contributed by atoms with van der Waals surface area (Å²) in [4.78, 5) is 15.7. The van der Waals surface area contributed by atoms with Crippen molar-refractivity contribution >= 4 is 11.8 Å². The van der Waals surface area contributed by atoms with E-state index in [2.05, 4.69) is 26.7 Å².